The summed E-state index contributed by atoms with van der Waals surface area (Å²) in [7, 11) is 0. The van der Waals surface area contributed by atoms with Gasteiger partial charge in [-0.2, -0.15) is 0 Å². The average molecular weight is 338 g/mol. The van der Waals surface area contributed by atoms with Gasteiger partial charge in [-0.15, -0.1) is 0 Å². The zero-order valence-electron chi connectivity index (χ0n) is 15.5. The molecule has 2 aromatic rings. The molecule has 0 radical (unpaired) electrons. The number of benzene rings is 2. The highest BCUT2D eigenvalue weighted by Crippen LogP contribution is 2.17. The summed E-state index contributed by atoms with van der Waals surface area (Å²) < 4.78 is 5.92. The number of aryl methyl sites for hydroxylation is 1. The Labute approximate surface area is 152 Å². The molecule has 3 rings (SSSR count). The highest BCUT2D eigenvalue weighted by molar-refractivity contribution is 5.29. The summed E-state index contributed by atoms with van der Waals surface area (Å²) in [6, 6.07) is 17.5. The maximum atomic E-state index is 5.92. The fraction of sp³-hybridized carbons (Fsp3) is 0.455. The van der Waals surface area contributed by atoms with Crippen LogP contribution >= 0.6 is 0 Å². The van der Waals surface area contributed by atoms with Crippen LogP contribution in [0.1, 0.15) is 36.5 Å². The van der Waals surface area contributed by atoms with E-state index in [2.05, 4.69) is 72.6 Å². The summed E-state index contributed by atoms with van der Waals surface area (Å²) >= 11 is 0. The highest BCUT2D eigenvalue weighted by atomic mass is 16.5. The van der Waals surface area contributed by atoms with Crippen molar-refractivity contribution in [1.29, 1.82) is 0 Å². The summed E-state index contributed by atoms with van der Waals surface area (Å²) in [5.41, 5.74) is 3.82. The molecule has 0 unspecified atom stereocenters. The molecule has 3 nitrogen and oxygen atoms in total. The van der Waals surface area contributed by atoms with Gasteiger partial charge in [-0.1, -0.05) is 43.3 Å². The first-order chi connectivity index (χ1) is 12.3. The van der Waals surface area contributed by atoms with Crippen molar-refractivity contribution in [2.75, 3.05) is 19.6 Å². The SMILES string of the molecule is CCN1CCC[C@H]1CNCc1ccc(OCc2ccccc2C)cc1. The standard InChI is InChI=1S/C22H30N2O/c1-3-24-14-6-9-21(24)16-23-15-19-10-12-22(13-11-19)25-17-20-8-5-4-7-18(20)2/h4-5,7-8,10-13,21,23H,3,6,9,14-17H2,1-2H3/t21-/m0/s1. The van der Waals surface area contributed by atoms with Gasteiger partial charge in [0.2, 0.25) is 0 Å². The smallest absolute Gasteiger partial charge is 0.119 e. The number of rotatable bonds is 8. The van der Waals surface area contributed by atoms with Crippen LogP contribution in [0.2, 0.25) is 0 Å². The van der Waals surface area contributed by atoms with Crippen LogP contribution in [0.25, 0.3) is 0 Å². The number of likely N-dealkylation sites (tertiary alicyclic amines) is 1. The van der Waals surface area contributed by atoms with Crippen LogP contribution in [0.4, 0.5) is 0 Å². The molecule has 0 spiro atoms. The highest BCUT2D eigenvalue weighted by Gasteiger charge is 2.21. The molecule has 1 aliphatic heterocycles. The van der Waals surface area contributed by atoms with E-state index in [0.29, 0.717) is 12.6 Å². The third-order valence-corrected chi connectivity index (χ3v) is 5.19. The van der Waals surface area contributed by atoms with Gasteiger partial charge in [-0.25, -0.2) is 0 Å². The first kappa shape index (κ1) is 18.0. The molecule has 0 aliphatic carbocycles. The van der Waals surface area contributed by atoms with E-state index in [4.69, 9.17) is 4.74 Å². The first-order valence-electron chi connectivity index (χ1n) is 9.47. The van der Waals surface area contributed by atoms with E-state index in [0.717, 1.165) is 18.8 Å². The maximum absolute atomic E-state index is 5.92. The van der Waals surface area contributed by atoms with Gasteiger partial charge in [-0.05, 0) is 61.7 Å². The molecule has 1 N–H and O–H groups in total. The molecular formula is C22H30N2O. The van der Waals surface area contributed by atoms with Gasteiger partial charge in [0.25, 0.3) is 0 Å². The zero-order chi connectivity index (χ0) is 17.5. The molecule has 0 aromatic heterocycles. The Bertz CT molecular complexity index is 653. The molecule has 1 aliphatic rings. The molecule has 25 heavy (non-hydrogen) atoms. The summed E-state index contributed by atoms with van der Waals surface area (Å²) in [4.78, 5) is 2.58. The van der Waals surface area contributed by atoms with Gasteiger partial charge < -0.3 is 10.1 Å². The maximum Gasteiger partial charge on any atom is 0.119 e. The minimum atomic E-state index is 0.624. The van der Waals surface area contributed by atoms with Crippen molar-refractivity contribution in [3.05, 3.63) is 65.2 Å². The van der Waals surface area contributed by atoms with Gasteiger partial charge >= 0.3 is 0 Å². The second kappa shape index (κ2) is 9.02. The van der Waals surface area contributed by atoms with Crippen LogP contribution < -0.4 is 10.1 Å². The lowest BCUT2D eigenvalue weighted by Crippen LogP contribution is -2.37. The van der Waals surface area contributed by atoms with Crippen molar-refractivity contribution in [3.8, 4) is 5.75 Å². The molecule has 0 saturated carbocycles. The van der Waals surface area contributed by atoms with Crippen LogP contribution in [0.3, 0.4) is 0 Å². The van der Waals surface area contributed by atoms with Crippen LogP contribution in [-0.2, 0) is 13.2 Å². The summed E-state index contributed by atoms with van der Waals surface area (Å²) in [5, 5.41) is 3.61. The fourth-order valence-corrected chi connectivity index (χ4v) is 3.56. The lowest BCUT2D eigenvalue weighted by molar-refractivity contribution is 0.260. The van der Waals surface area contributed by atoms with Gasteiger partial charge in [0.15, 0.2) is 0 Å². The summed E-state index contributed by atoms with van der Waals surface area (Å²) in [6.45, 7) is 9.44. The van der Waals surface area contributed by atoms with E-state index in [1.807, 2.05) is 0 Å². The lowest BCUT2D eigenvalue weighted by Gasteiger charge is -2.23. The van der Waals surface area contributed by atoms with E-state index < -0.39 is 0 Å². The van der Waals surface area contributed by atoms with Crippen LogP contribution in [0.15, 0.2) is 48.5 Å². The fourth-order valence-electron chi connectivity index (χ4n) is 3.56. The molecule has 1 atom stereocenters. The Morgan fingerprint density at radius 1 is 1.12 bits per heavy atom. The predicted molar refractivity (Wildman–Crippen MR) is 104 cm³/mol. The summed E-state index contributed by atoms with van der Waals surface area (Å²) in [5.74, 6) is 0.931. The third-order valence-electron chi connectivity index (χ3n) is 5.19. The second-order valence-electron chi connectivity index (χ2n) is 6.91. The Balaban J connectivity index is 1.43. The molecule has 1 saturated heterocycles. The molecule has 0 amide bonds. The normalized spacial score (nSPS) is 17.8. The molecule has 2 aromatic carbocycles. The van der Waals surface area contributed by atoms with Crippen molar-refractivity contribution in [2.45, 2.75) is 45.9 Å². The Morgan fingerprint density at radius 3 is 2.68 bits per heavy atom. The third kappa shape index (κ3) is 5.07. The molecule has 3 heteroatoms. The van der Waals surface area contributed by atoms with Crippen molar-refractivity contribution < 1.29 is 4.74 Å². The minimum absolute atomic E-state index is 0.624. The lowest BCUT2D eigenvalue weighted by atomic mass is 10.1. The number of nitrogens with zero attached hydrogens (tertiary/aromatic N) is 1. The zero-order valence-corrected chi connectivity index (χ0v) is 15.5. The summed E-state index contributed by atoms with van der Waals surface area (Å²) in [6.07, 6.45) is 2.67. The molecule has 134 valence electrons. The van der Waals surface area contributed by atoms with E-state index in [9.17, 15) is 0 Å². The number of hydrogen-bond donors (Lipinski definition) is 1. The van der Waals surface area contributed by atoms with E-state index >= 15 is 0 Å². The number of ether oxygens (including phenoxy) is 1. The number of nitrogens with one attached hydrogen (secondary N) is 1. The van der Waals surface area contributed by atoms with Crippen molar-refractivity contribution in [3.63, 3.8) is 0 Å². The van der Waals surface area contributed by atoms with Crippen LogP contribution in [0, 0.1) is 6.92 Å². The van der Waals surface area contributed by atoms with Crippen molar-refractivity contribution >= 4 is 0 Å². The van der Waals surface area contributed by atoms with Gasteiger partial charge in [0.05, 0.1) is 0 Å². The number of likely N-dealkylation sites (N-methyl/N-ethyl adjacent to an activating group) is 1. The predicted octanol–water partition coefficient (Wildman–Crippen LogP) is 4.15. The molecule has 1 heterocycles. The second-order valence-corrected chi connectivity index (χ2v) is 6.91. The van der Waals surface area contributed by atoms with Gasteiger partial charge in [0, 0.05) is 19.1 Å². The Kier molecular flexibility index (Phi) is 6.48. The topological polar surface area (TPSA) is 24.5 Å². The van der Waals surface area contributed by atoms with Crippen molar-refractivity contribution in [2.24, 2.45) is 0 Å². The minimum Gasteiger partial charge on any atom is -0.489 e. The van der Waals surface area contributed by atoms with Gasteiger partial charge in [0.1, 0.15) is 12.4 Å². The quantitative estimate of drug-likeness (QED) is 0.782. The van der Waals surface area contributed by atoms with Crippen LogP contribution in [-0.4, -0.2) is 30.6 Å². The van der Waals surface area contributed by atoms with E-state index in [1.54, 1.807) is 0 Å². The largest absolute Gasteiger partial charge is 0.489 e. The van der Waals surface area contributed by atoms with E-state index in [1.165, 1.54) is 42.6 Å². The Hall–Kier alpha value is -1.84. The Morgan fingerprint density at radius 2 is 1.92 bits per heavy atom. The first-order valence-corrected chi connectivity index (χ1v) is 9.47. The van der Waals surface area contributed by atoms with E-state index in [-0.39, 0.29) is 0 Å². The van der Waals surface area contributed by atoms with Crippen LogP contribution in [0.5, 0.6) is 5.75 Å². The van der Waals surface area contributed by atoms with Crippen molar-refractivity contribution in [1.82, 2.24) is 10.2 Å². The molecule has 0 bridgehead atoms. The average Bonchev–Trinajstić information content (AvgIpc) is 3.10. The monoisotopic (exact) mass is 338 g/mol. The number of hydrogen-bond acceptors (Lipinski definition) is 3. The van der Waals surface area contributed by atoms with Gasteiger partial charge in [-0.3, -0.25) is 4.90 Å². The molecular weight excluding hydrogens is 308 g/mol. The molecule has 1 fully saturated rings.